The van der Waals surface area contributed by atoms with Crippen molar-refractivity contribution in [3.05, 3.63) is 80.5 Å². The molecule has 29 heavy (non-hydrogen) atoms. The van der Waals surface area contributed by atoms with Crippen molar-refractivity contribution in [2.75, 3.05) is 5.32 Å². The number of carbonyl (C=O) groups is 1. The fraction of sp³-hybridized carbons (Fsp3) is 0.143. The molecule has 2 aromatic heterocycles. The Kier molecular flexibility index (Phi) is 4.63. The standard InChI is InChI=1S/C21H18N4O3S/c1-12-6-4-7-13(2)18(12)23-20(26)19-14(3)24-11-17(22-21(24)29-19)15-8-5-9-16(10-15)25(27)28/h4-11H,1-3H3,(H,23,26). The van der Waals surface area contributed by atoms with Gasteiger partial charge < -0.3 is 5.32 Å². The highest BCUT2D eigenvalue weighted by molar-refractivity contribution is 7.19. The molecule has 0 bridgehead atoms. The van der Waals surface area contributed by atoms with Crippen LogP contribution in [0.25, 0.3) is 16.2 Å². The predicted octanol–water partition coefficient (Wildman–Crippen LogP) is 5.15. The number of hydrogen-bond acceptors (Lipinski definition) is 5. The van der Waals surface area contributed by atoms with Crippen molar-refractivity contribution in [2.24, 2.45) is 0 Å². The number of amides is 1. The van der Waals surface area contributed by atoms with Gasteiger partial charge in [0.2, 0.25) is 0 Å². The van der Waals surface area contributed by atoms with Crippen LogP contribution >= 0.6 is 11.3 Å². The number of nitro groups is 1. The number of anilines is 1. The van der Waals surface area contributed by atoms with Gasteiger partial charge in [0.25, 0.3) is 11.6 Å². The second kappa shape index (κ2) is 7.14. The third-order valence-electron chi connectivity index (χ3n) is 4.84. The van der Waals surface area contributed by atoms with E-state index in [2.05, 4.69) is 10.3 Å². The lowest BCUT2D eigenvalue weighted by atomic mass is 10.1. The molecule has 1 N–H and O–H groups in total. The van der Waals surface area contributed by atoms with Crippen LogP contribution in [0.4, 0.5) is 11.4 Å². The molecule has 8 heteroatoms. The summed E-state index contributed by atoms with van der Waals surface area (Å²) in [5.74, 6) is -0.174. The van der Waals surface area contributed by atoms with E-state index in [0.29, 0.717) is 21.1 Å². The van der Waals surface area contributed by atoms with Crippen LogP contribution in [0.5, 0.6) is 0 Å². The first kappa shape index (κ1) is 18.8. The molecule has 0 aliphatic carbocycles. The summed E-state index contributed by atoms with van der Waals surface area (Å²) in [4.78, 5) is 29.3. The quantitative estimate of drug-likeness (QED) is 0.375. The van der Waals surface area contributed by atoms with E-state index in [1.54, 1.807) is 18.3 Å². The zero-order valence-electron chi connectivity index (χ0n) is 16.1. The number of aromatic nitrogens is 2. The minimum atomic E-state index is -0.427. The van der Waals surface area contributed by atoms with E-state index in [1.807, 2.05) is 43.4 Å². The molecule has 1 amide bonds. The van der Waals surface area contributed by atoms with E-state index in [1.165, 1.54) is 23.5 Å². The number of hydrogen-bond donors (Lipinski definition) is 1. The molecule has 0 unspecified atom stereocenters. The first-order valence-corrected chi connectivity index (χ1v) is 9.77. The summed E-state index contributed by atoms with van der Waals surface area (Å²) < 4.78 is 1.85. The number of para-hydroxylation sites is 1. The van der Waals surface area contributed by atoms with Crippen LogP contribution in [0.15, 0.2) is 48.7 Å². The fourth-order valence-electron chi connectivity index (χ4n) is 3.26. The van der Waals surface area contributed by atoms with Gasteiger partial charge in [-0.1, -0.05) is 41.7 Å². The zero-order chi connectivity index (χ0) is 20.7. The van der Waals surface area contributed by atoms with Crippen LogP contribution in [0.1, 0.15) is 26.5 Å². The normalized spacial score (nSPS) is 11.0. The molecular formula is C21H18N4O3S. The Bertz CT molecular complexity index is 1250. The number of non-ortho nitro benzene ring substituents is 1. The number of thiazole rings is 1. The minimum Gasteiger partial charge on any atom is -0.321 e. The molecule has 0 aliphatic rings. The number of nitro benzene ring substituents is 1. The summed E-state index contributed by atoms with van der Waals surface area (Å²) in [6.45, 7) is 5.78. The first-order valence-electron chi connectivity index (χ1n) is 8.96. The molecular weight excluding hydrogens is 388 g/mol. The summed E-state index contributed by atoms with van der Waals surface area (Å²) in [6.07, 6.45) is 1.80. The van der Waals surface area contributed by atoms with Crippen LogP contribution in [0, 0.1) is 30.9 Å². The molecule has 2 aromatic carbocycles. The van der Waals surface area contributed by atoms with Crippen LogP contribution < -0.4 is 5.32 Å². The summed E-state index contributed by atoms with van der Waals surface area (Å²) >= 11 is 1.29. The molecule has 0 fully saturated rings. The van der Waals surface area contributed by atoms with Crippen molar-refractivity contribution in [3.8, 4) is 11.3 Å². The van der Waals surface area contributed by atoms with Gasteiger partial charge in [-0.05, 0) is 31.9 Å². The SMILES string of the molecule is Cc1cccc(C)c1NC(=O)c1sc2nc(-c3cccc([N+](=O)[O-])c3)cn2c1C. The lowest BCUT2D eigenvalue weighted by Crippen LogP contribution is -2.13. The monoisotopic (exact) mass is 406 g/mol. The van der Waals surface area contributed by atoms with Crippen LogP contribution in [-0.2, 0) is 0 Å². The largest absolute Gasteiger partial charge is 0.321 e. The minimum absolute atomic E-state index is 0.0178. The maximum absolute atomic E-state index is 12.9. The summed E-state index contributed by atoms with van der Waals surface area (Å²) in [5, 5.41) is 14.0. The molecule has 146 valence electrons. The maximum Gasteiger partial charge on any atom is 0.270 e. The van der Waals surface area contributed by atoms with Gasteiger partial charge in [0.15, 0.2) is 4.96 Å². The van der Waals surface area contributed by atoms with Crippen molar-refractivity contribution >= 4 is 33.6 Å². The van der Waals surface area contributed by atoms with Crippen LogP contribution in [0.3, 0.4) is 0 Å². The lowest BCUT2D eigenvalue weighted by molar-refractivity contribution is -0.384. The number of aryl methyl sites for hydroxylation is 3. The maximum atomic E-state index is 12.9. The van der Waals surface area contributed by atoms with Gasteiger partial charge in [-0.25, -0.2) is 4.98 Å². The number of fused-ring (bicyclic) bond motifs is 1. The highest BCUT2D eigenvalue weighted by atomic mass is 32.1. The fourth-order valence-corrected chi connectivity index (χ4v) is 4.26. The van der Waals surface area contributed by atoms with Crippen molar-refractivity contribution in [1.82, 2.24) is 9.38 Å². The number of carbonyl (C=O) groups excluding carboxylic acids is 1. The molecule has 0 aliphatic heterocycles. The number of nitrogens with zero attached hydrogens (tertiary/aromatic N) is 3. The van der Waals surface area contributed by atoms with E-state index < -0.39 is 4.92 Å². The van der Waals surface area contributed by atoms with Gasteiger partial charge in [0.05, 0.1) is 10.6 Å². The molecule has 4 rings (SSSR count). The number of imidazole rings is 1. The third-order valence-corrected chi connectivity index (χ3v) is 5.99. The smallest absolute Gasteiger partial charge is 0.270 e. The second-order valence-electron chi connectivity index (χ2n) is 6.82. The number of benzene rings is 2. The van der Waals surface area contributed by atoms with Crippen molar-refractivity contribution in [2.45, 2.75) is 20.8 Å². The Morgan fingerprint density at radius 3 is 2.48 bits per heavy atom. The van der Waals surface area contributed by atoms with Crippen molar-refractivity contribution < 1.29 is 9.72 Å². The molecule has 4 aromatic rings. The van der Waals surface area contributed by atoms with Crippen molar-refractivity contribution in [3.63, 3.8) is 0 Å². The highest BCUT2D eigenvalue weighted by Gasteiger charge is 2.20. The molecule has 0 radical (unpaired) electrons. The Balaban J connectivity index is 1.68. The average molecular weight is 406 g/mol. The topological polar surface area (TPSA) is 89.5 Å². The van der Waals surface area contributed by atoms with Gasteiger partial charge in [-0.2, -0.15) is 0 Å². The highest BCUT2D eigenvalue weighted by Crippen LogP contribution is 2.30. The molecule has 0 atom stereocenters. The van der Waals surface area contributed by atoms with Gasteiger partial charge in [-0.3, -0.25) is 19.3 Å². The molecule has 2 heterocycles. The zero-order valence-corrected chi connectivity index (χ0v) is 16.9. The van der Waals surface area contributed by atoms with Gasteiger partial charge in [-0.15, -0.1) is 0 Å². The number of nitrogens with one attached hydrogen (secondary N) is 1. The Labute approximate surface area is 170 Å². The first-order chi connectivity index (χ1) is 13.8. The van der Waals surface area contributed by atoms with E-state index in [0.717, 1.165) is 22.5 Å². The predicted molar refractivity (Wildman–Crippen MR) is 114 cm³/mol. The Morgan fingerprint density at radius 2 is 1.83 bits per heavy atom. The summed E-state index contributed by atoms with van der Waals surface area (Å²) in [7, 11) is 0. The summed E-state index contributed by atoms with van der Waals surface area (Å²) in [6, 6.07) is 12.2. The molecule has 0 saturated carbocycles. The molecule has 0 spiro atoms. The molecule has 0 saturated heterocycles. The second-order valence-corrected chi connectivity index (χ2v) is 7.80. The van der Waals surface area contributed by atoms with Crippen LogP contribution in [-0.4, -0.2) is 20.2 Å². The molecule has 7 nitrogen and oxygen atoms in total. The van der Waals surface area contributed by atoms with Gasteiger partial charge in [0.1, 0.15) is 4.88 Å². The Morgan fingerprint density at radius 1 is 1.14 bits per heavy atom. The van der Waals surface area contributed by atoms with Gasteiger partial charge in [0, 0.05) is 35.3 Å². The lowest BCUT2D eigenvalue weighted by Gasteiger charge is -2.10. The van der Waals surface area contributed by atoms with Crippen molar-refractivity contribution in [1.29, 1.82) is 0 Å². The van der Waals surface area contributed by atoms with E-state index in [9.17, 15) is 14.9 Å². The van der Waals surface area contributed by atoms with Gasteiger partial charge >= 0.3 is 0 Å². The number of rotatable bonds is 4. The van der Waals surface area contributed by atoms with E-state index >= 15 is 0 Å². The van der Waals surface area contributed by atoms with Crippen LogP contribution in [0.2, 0.25) is 0 Å². The van der Waals surface area contributed by atoms with E-state index in [4.69, 9.17) is 0 Å². The Hall–Kier alpha value is -3.52. The average Bonchev–Trinajstić information content (AvgIpc) is 3.24. The summed E-state index contributed by atoms with van der Waals surface area (Å²) in [5.41, 5.74) is 4.92. The van der Waals surface area contributed by atoms with E-state index in [-0.39, 0.29) is 11.6 Å². The third kappa shape index (κ3) is 3.38.